The number of aliphatic hydroxyl groups excluding tert-OH is 1. The second-order valence-electron chi connectivity index (χ2n) is 10.5. The fourth-order valence-corrected chi connectivity index (χ4v) is 4.98. The molecule has 1 atom stereocenters. The molecule has 0 saturated carbocycles. The number of hydrogen-bond acceptors (Lipinski definition) is 9. The number of H-pyrrole nitrogens is 1. The maximum absolute atomic E-state index is 13.3. The number of carbonyl (C=O) groups excluding carboxylic acids is 3. The molecule has 0 radical (unpaired) electrons. The van der Waals surface area contributed by atoms with Gasteiger partial charge in [-0.15, -0.1) is 0 Å². The Balaban J connectivity index is 0.000000343. The van der Waals surface area contributed by atoms with Crippen molar-refractivity contribution in [2.45, 2.75) is 64.9 Å². The van der Waals surface area contributed by atoms with Gasteiger partial charge in [0.05, 0.1) is 52.8 Å². The summed E-state index contributed by atoms with van der Waals surface area (Å²) < 4.78 is 107. The Labute approximate surface area is 274 Å². The molecule has 1 amide bonds. The monoisotopic (exact) mass is 726 g/mol. The highest BCUT2D eigenvalue weighted by molar-refractivity contribution is 7.91. The van der Waals surface area contributed by atoms with E-state index in [-0.39, 0.29) is 28.8 Å². The Bertz CT molecular complexity index is 1970. The van der Waals surface area contributed by atoms with Crippen molar-refractivity contribution in [3.63, 3.8) is 0 Å². The molecular formula is C29H32F6N4O9S. The summed E-state index contributed by atoms with van der Waals surface area (Å²) in [5.41, 5.74) is -7.03. The summed E-state index contributed by atoms with van der Waals surface area (Å²) in [6.45, 7) is 4.42. The molecule has 1 heterocycles. The molecule has 1 unspecified atom stereocenters. The highest BCUT2D eigenvalue weighted by Gasteiger charge is 2.37. The number of halogens is 6. The third kappa shape index (κ3) is 10.4. The predicted octanol–water partition coefficient (Wildman–Crippen LogP) is 4.48. The fraction of sp³-hybridized carbons (Fsp3) is 0.414. The first-order valence-electron chi connectivity index (χ1n) is 14.2. The van der Waals surface area contributed by atoms with Crippen molar-refractivity contribution in [2.75, 3.05) is 23.5 Å². The quantitative estimate of drug-likeness (QED) is 0.132. The molecule has 3 rings (SSSR count). The van der Waals surface area contributed by atoms with Crippen molar-refractivity contribution in [1.82, 2.24) is 9.66 Å². The topological polar surface area (TPSA) is 194 Å². The van der Waals surface area contributed by atoms with Crippen LogP contribution < -0.4 is 21.4 Å². The number of nitrogens with zero attached hydrogens (tertiary/aromatic N) is 1. The Morgan fingerprint density at radius 1 is 0.959 bits per heavy atom. The van der Waals surface area contributed by atoms with Crippen LogP contribution in [0.2, 0.25) is 0 Å². The molecule has 4 N–H and O–H groups in total. The number of fused-ring (bicyclic) bond motifs is 1. The van der Waals surface area contributed by atoms with Crippen LogP contribution in [0.5, 0.6) is 0 Å². The number of sulfonamides is 1. The van der Waals surface area contributed by atoms with Crippen LogP contribution in [-0.4, -0.2) is 54.2 Å². The smallest absolute Gasteiger partial charge is 0.417 e. The third-order valence-electron chi connectivity index (χ3n) is 6.51. The van der Waals surface area contributed by atoms with Crippen molar-refractivity contribution in [3.8, 4) is 0 Å². The molecule has 270 valence electrons. The van der Waals surface area contributed by atoms with Crippen LogP contribution in [0, 0.1) is 0 Å². The number of anilines is 1. The molecule has 0 saturated heterocycles. The molecule has 0 bridgehead atoms. The van der Waals surface area contributed by atoms with E-state index in [9.17, 15) is 63.8 Å². The number of ketones is 1. The van der Waals surface area contributed by atoms with Crippen molar-refractivity contribution in [3.05, 3.63) is 72.9 Å². The van der Waals surface area contributed by atoms with Gasteiger partial charge in [-0.05, 0) is 42.7 Å². The van der Waals surface area contributed by atoms with Gasteiger partial charge in [0, 0.05) is 18.9 Å². The van der Waals surface area contributed by atoms with E-state index < -0.39 is 90.5 Å². The summed E-state index contributed by atoms with van der Waals surface area (Å²) in [6.07, 6.45) is -9.65. The van der Waals surface area contributed by atoms with Crippen LogP contribution in [0.1, 0.15) is 90.0 Å². The van der Waals surface area contributed by atoms with E-state index >= 15 is 0 Å². The molecule has 20 heteroatoms. The van der Waals surface area contributed by atoms with Gasteiger partial charge in [-0.1, -0.05) is 20.3 Å². The average molecular weight is 727 g/mol. The molecule has 0 fully saturated rings. The van der Waals surface area contributed by atoms with Crippen LogP contribution >= 0.6 is 0 Å². The lowest BCUT2D eigenvalue weighted by molar-refractivity contribution is -0.139. The number of nitrogens with one attached hydrogen (secondary N) is 3. The summed E-state index contributed by atoms with van der Waals surface area (Å²) >= 11 is 0. The lowest BCUT2D eigenvalue weighted by Crippen LogP contribution is -2.43. The summed E-state index contributed by atoms with van der Waals surface area (Å²) in [7, 11) is -2.94. The van der Waals surface area contributed by atoms with E-state index in [1.165, 1.54) is 0 Å². The minimum atomic E-state index is -4.89. The van der Waals surface area contributed by atoms with E-state index in [4.69, 9.17) is 0 Å². The number of aliphatic hydroxyl groups is 1. The van der Waals surface area contributed by atoms with Gasteiger partial charge in [0.1, 0.15) is 0 Å². The maximum Gasteiger partial charge on any atom is 0.417 e. The van der Waals surface area contributed by atoms with Gasteiger partial charge in [-0.2, -0.15) is 31.0 Å². The number of carbonyl (C=O) groups is 3. The van der Waals surface area contributed by atoms with Crippen LogP contribution in [0.4, 0.5) is 32.0 Å². The van der Waals surface area contributed by atoms with Gasteiger partial charge >= 0.3 is 24.0 Å². The Morgan fingerprint density at radius 2 is 1.55 bits per heavy atom. The summed E-state index contributed by atoms with van der Waals surface area (Å²) in [4.78, 5) is 62.8. The number of Topliss-reactive ketones (excluding diaryl/α,β-unsaturated/α-hetero) is 1. The van der Waals surface area contributed by atoms with Gasteiger partial charge < -0.3 is 20.1 Å². The van der Waals surface area contributed by atoms with Gasteiger partial charge in [0.25, 0.3) is 5.56 Å². The van der Waals surface area contributed by atoms with E-state index in [1.54, 1.807) is 18.7 Å². The van der Waals surface area contributed by atoms with Crippen LogP contribution in [0.15, 0.2) is 33.9 Å². The lowest BCUT2D eigenvalue weighted by Gasteiger charge is -2.20. The fourth-order valence-electron chi connectivity index (χ4n) is 4.48. The van der Waals surface area contributed by atoms with Gasteiger partial charge in [0.15, 0.2) is 5.78 Å². The molecule has 49 heavy (non-hydrogen) atoms. The minimum absolute atomic E-state index is 0.100. The van der Waals surface area contributed by atoms with E-state index in [0.29, 0.717) is 31.2 Å². The SMILES string of the molecule is CCCC(=O)c1cc2c(=O)n(NS(C)(=O)=O)c(=O)[nH]c2cc1C(F)(F)F.CCCC(O)c1cc(C(=O)OC)c(NC(C)=O)cc1C(F)(F)F. The number of alkyl halides is 6. The first-order chi connectivity index (χ1) is 22.5. The first-order valence-corrected chi connectivity index (χ1v) is 16.1. The largest absolute Gasteiger partial charge is 0.465 e. The molecule has 0 aliphatic heterocycles. The summed E-state index contributed by atoms with van der Waals surface area (Å²) in [5, 5.41) is 11.7. The summed E-state index contributed by atoms with van der Waals surface area (Å²) in [6, 6.07) is 2.77. The molecule has 1 aromatic heterocycles. The zero-order valence-corrected chi connectivity index (χ0v) is 27.4. The number of aromatic nitrogens is 2. The average Bonchev–Trinajstić information content (AvgIpc) is 2.97. The first kappa shape index (κ1) is 40.5. The number of rotatable bonds is 10. The standard InChI is InChI=1S/C15H18F3NO4.C14H14F3N3O5S/c1-4-5-13(21)9-6-10(14(22)23-3)12(19-8(2)20)7-11(9)15(16,17)18;1-3-4-11(21)7-5-8-10(6-9(7)14(15,16)17)18-13(23)20(12(8)22)19-26(2,24)25/h6-7,13,21H,4-5H2,1-3H3,(H,19,20);5-6,19H,3-4H2,1-2H3,(H,18,23). The highest BCUT2D eigenvalue weighted by Crippen LogP contribution is 2.39. The molecular weight excluding hydrogens is 694 g/mol. The van der Waals surface area contributed by atoms with Crippen LogP contribution in [-0.2, 0) is 31.9 Å². The van der Waals surface area contributed by atoms with Gasteiger partial charge in [0.2, 0.25) is 15.9 Å². The van der Waals surface area contributed by atoms with Crippen molar-refractivity contribution >= 4 is 44.3 Å². The number of benzene rings is 2. The predicted molar refractivity (Wildman–Crippen MR) is 164 cm³/mol. The van der Waals surface area contributed by atoms with Crippen molar-refractivity contribution in [2.24, 2.45) is 0 Å². The summed E-state index contributed by atoms with van der Waals surface area (Å²) in [5.74, 6) is -2.37. The van der Waals surface area contributed by atoms with Gasteiger partial charge in [-0.25, -0.2) is 22.8 Å². The highest BCUT2D eigenvalue weighted by atomic mass is 32.2. The number of aromatic amines is 1. The van der Waals surface area contributed by atoms with Crippen molar-refractivity contribution < 1.29 is 59.0 Å². The number of esters is 1. The molecule has 13 nitrogen and oxygen atoms in total. The molecule has 2 aromatic carbocycles. The zero-order chi connectivity index (χ0) is 37.6. The van der Waals surface area contributed by atoms with Gasteiger partial charge in [-0.3, -0.25) is 14.4 Å². The number of ether oxygens (including phenoxy) is 1. The van der Waals surface area contributed by atoms with Crippen molar-refractivity contribution in [1.29, 1.82) is 0 Å². The van der Waals surface area contributed by atoms with E-state index in [0.717, 1.165) is 26.2 Å². The Hall–Kier alpha value is -4.72. The number of hydrogen-bond donors (Lipinski definition) is 4. The molecule has 0 spiro atoms. The van der Waals surface area contributed by atoms with E-state index in [2.05, 4.69) is 10.1 Å². The number of amides is 1. The Kier molecular flexibility index (Phi) is 12.9. The van der Waals surface area contributed by atoms with Crippen LogP contribution in [0.25, 0.3) is 10.9 Å². The number of methoxy groups -OCH3 is 1. The second kappa shape index (κ2) is 15.7. The van der Waals surface area contributed by atoms with E-state index in [1.807, 2.05) is 4.98 Å². The second-order valence-corrected chi connectivity index (χ2v) is 12.2. The normalized spacial score (nSPS) is 12.5. The molecule has 0 aliphatic carbocycles. The minimum Gasteiger partial charge on any atom is -0.465 e. The lowest BCUT2D eigenvalue weighted by atomic mass is 9.95. The molecule has 3 aromatic rings. The maximum atomic E-state index is 13.3. The zero-order valence-electron chi connectivity index (χ0n) is 26.6. The third-order valence-corrected chi connectivity index (χ3v) is 7.02. The van der Waals surface area contributed by atoms with Crippen LogP contribution in [0.3, 0.4) is 0 Å². The Morgan fingerprint density at radius 3 is 2.02 bits per heavy atom. The molecule has 0 aliphatic rings.